The highest BCUT2D eigenvalue weighted by atomic mass is 16.5. The number of amides is 1. The molecule has 3 fully saturated rings. The summed E-state index contributed by atoms with van der Waals surface area (Å²) in [6.45, 7) is 2.40. The molecule has 78 valence electrons. The average Bonchev–Trinajstić information content (AvgIpc) is 2.47. The molecule has 0 radical (unpaired) electrons. The lowest BCUT2D eigenvalue weighted by atomic mass is 9.71. The summed E-state index contributed by atoms with van der Waals surface area (Å²) >= 11 is 0. The van der Waals surface area contributed by atoms with Crippen LogP contribution >= 0.6 is 0 Å². The number of nitrogens with one attached hydrogen (secondary N) is 2. The molecule has 14 heavy (non-hydrogen) atoms. The number of carbonyl (C=O) groups excluding carboxylic acids is 1. The average molecular weight is 196 g/mol. The van der Waals surface area contributed by atoms with Gasteiger partial charge in [-0.15, -0.1) is 0 Å². The fourth-order valence-corrected chi connectivity index (χ4v) is 3.15. The number of hydrogen-bond acceptors (Lipinski definition) is 3. The van der Waals surface area contributed by atoms with E-state index in [1.165, 1.54) is 0 Å². The minimum absolute atomic E-state index is 0.0651. The smallest absolute Gasteiger partial charge is 0.226 e. The summed E-state index contributed by atoms with van der Waals surface area (Å²) in [4.78, 5) is 11.8. The van der Waals surface area contributed by atoms with E-state index in [2.05, 4.69) is 10.6 Å². The van der Waals surface area contributed by atoms with Crippen LogP contribution in [0.4, 0.5) is 0 Å². The molecule has 1 amide bonds. The normalized spacial score (nSPS) is 46.7. The predicted octanol–water partition coefficient (Wildman–Crippen LogP) is -0.357. The first-order valence-electron chi connectivity index (χ1n) is 5.41. The highest BCUT2D eigenvalue weighted by molar-refractivity contribution is 5.85. The quantitative estimate of drug-likeness (QED) is 0.556. The van der Waals surface area contributed by atoms with Crippen LogP contribution in [0.25, 0.3) is 0 Å². The minimum Gasteiger partial charge on any atom is -0.378 e. The second-order valence-corrected chi connectivity index (χ2v) is 4.79. The van der Waals surface area contributed by atoms with Gasteiger partial charge in [-0.2, -0.15) is 0 Å². The van der Waals surface area contributed by atoms with Gasteiger partial charge in [-0.25, -0.2) is 0 Å². The Bertz CT molecular complexity index is 255. The van der Waals surface area contributed by atoms with E-state index >= 15 is 0 Å². The lowest BCUT2D eigenvalue weighted by Crippen LogP contribution is -2.58. The van der Waals surface area contributed by atoms with E-state index in [1.807, 2.05) is 0 Å². The maximum absolute atomic E-state index is 11.8. The van der Waals surface area contributed by atoms with Crippen molar-refractivity contribution in [2.45, 2.75) is 31.3 Å². The van der Waals surface area contributed by atoms with Crippen LogP contribution in [0.1, 0.15) is 19.3 Å². The second-order valence-electron chi connectivity index (χ2n) is 4.79. The second kappa shape index (κ2) is 2.94. The van der Waals surface area contributed by atoms with E-state index in [0.717, 1.165) is 39.0 Å². The molecule has 2 N–H and O–H groups in total. The largest absolute Gasteiger partial charge is 0.378 e. The van der Waals surface area contributed by atoms with Crippen molar-refractivity contribution in [1.82, 2.24) is 10.6 Å². The van der Waals surface area contributed by atoms with Gasteiger partial charge in [0.25, 0.3) is 0 Å². The van der Waals surface area contributed by atoms with Gasteiger partial charge in [0, 0.05) is 18.6 Å². The lowest BCUT2D eigenvalue weighted by molar-refractivity contribution is -0.132. The van der Waals surface area contributed by atoms with E-state index in [1.54, 1.807) is 0 Å². The van der Waals surface area contributed by atoms with Crippen LogP contribution in [0.15, 0.2) is 0 Å². The maximum Gasteiger partial charge on any atom is 0.226 e. The van der Waals surface area contributed by atoms with Gasteiger partial charge in [0.1, 0.15) is 0 Å². The molecule has 3 saturated heterocycles. The zero-order chi connectivity index (χ0) is 9.60. The van der Waals surface area contributed by atoms with Crippen LogP contribution < -0.4 is 10.6 Å². The van der Waals surface area contributed by atoms with Gasteiger partial charge in [0.15, 0.2) is 0 Å². The first kappa shape index (κ1) is 8.68. The van der Waals surface area contributed by atoms with Crippen molar-refractivity contribution in [1.29, 1.82) is 0 Å². The van der Waals surface area contributed by atoms with Crippen molar-refractivity contribution in [3.05, 3.63) is 0 Å². The fourth-order valence-electron chi connectivity index (χ4n) is 3.15. The molecule has 0 aromatic carbocycles. The zero-order valence-corrected chi connectivity index (χ0v) is 8.21. The summed E-state index contributed by atoms with van der Waals surface area (Å²) in [6.07, 6.45) is 2.92. The highest BCUT2D eigenvalue weighted by Gasteiger charge is 2.49. The number of carbonyl (C=O) groups is 1. The Kier molecular flexibility index (Phi) is 1.82. The number of morpholine rings is 1. The van der Waals surface area contributed by atoms with Crippen LogP contribution in [0.2, 0.25) is 0 Å². The third-order valence-corrected chi connectivity index (χ3v) is 3.75. The van der Waals surface area contributed by atoms with E-state index in [4.69, 9.17) is 4.74 Å². The first-order chi connectivity index (χ1) is 6.78. The number of piperidine rings is 1. The Hall–Kier alpha value is -0.610. The fraction of sp³-hybridized carbons (Fsp3) is 0.900. The van der Waals surface area contributed by atoms with Gasteiger partial charge in [-0.3, -0.25) is 4.79 Å². The van der Waals surface area contributed by atoms with Crippen molar-refractivity contribution in [3.8, 4) is 0 Å². The Balaban J connectivity index is 1.84. The zero-order valence-electron chi connectivity index (χ0n) is 8.21. The summed E-state index contributed by atoms with van der Waals surface area (Å²) in [6, 6.07) is 0.790. The van der Waals surface area contributed by atoms with Gasteiger partial charge < -0.3 is 15.4 Å². The molecule has 2 unspecified atom stereocenters. The third kappa shape index (κ3) is 1.17. The third-order valence-electron chi connectivity index (χ3n) is 3.75. The number of rotatable bonds is 0. The number of ether oxygens (including phenoxy) is 1. The summed E-state index contributed by atoms with van der Waals surface area (Å²) in [5.41, 5.74) is -0.0651. The molecular weight excluding hydrogens is 180 g/mol. The molecule has 0 aliphatic carbocycles. The lowest BCUT2D eigenvalue weighted by Gasteiger charge is -2.44. The molecule has 0 saturated carbocycles. The van der Waals surface area contributed by atoms with Crippen LogP contribution in [0.3, 0.4) is 0 Å². The molecule has 3 aliphatic heterocycles. The van der Waals surface area contributed by atoms with Crippen LogP contribution in [-0.2, 0) is 9.53 Å². The maximum atomic E-state index is 11.8. The Morgan fingerprint density at radius 2 is 2.00 bits per heavy atom. The Morgan fingerprint density at radius 3 is 2.57 bits per heavy atom. The van der Waals surface area contributed by atoms with Crippen LogP contribution in [0.5, 0.6) is 0 Å². The van der Waals surface area contributed by atoms with Gasteiger partial charge in [0.05, 0.1) is 18.6 Å². The van der Waals surface area contributed by atoms with E-state index in [-0.39, 0.29) is 11.3 Å². The van der Waals surface area contributed by atoms with Crippen molar-refractivity contribution in [2.24, 2.45) is 5.41 Å². The Morgan fingerprint density at radius 1 is 1.29 bits per heavy atom. The van der Waals surface area contributed by atoms with Crippen molar-refractivity contribution in [3.63, 3.8) is 0 Å². The predicted molar refractivity (Wildman–Crippen MR) is 50.8 cm³/mol. The molecule has 2 bridgehead atoms. The van der Waals surface area contributed by atoms with Crippen molar-refractivity contribution >= 4 is 5.91 Å². The summed E-state index contributed by atoms with van der Waals surface area (Å²) in [7, 11) is 0. The van der Waals surface area contributed by atoms with Crippen LogP contribution in [-0.4, -0.2) is 37.7 Å². The molecule has 1 spiro atoms. The molecule has 0 aromatic heterocycles. The summed E-state index contributed by atoms with van der Waals surface area (Å²) < 4.78 is 5.48. The first-order valence-corrected chi connectivity index (χ1v) is 5.41. The summed E-state index contributed by atoms with van der Waals surface area (Å²) in [5.74, 6) is 0.274. The minimum atomic E-state index is -0.0651. The summed E-state index contributed by atoms with van der Waals surface area (Å²) in [5, 5.41) is 6.48. The topological polar surface area (TPSA) is 50.4 Å². The van der Waals surface area contributed by atoms with E-state index in [0.29, 0.717) is 12.1 Å². The molecule has 3 rings (SSSR count). The highest BCUT2D eigenvalue weighted by Crippen LogP contribution is 2.41. The monoisotopic (exact) mass is 196 g/mol. The van der Waals surface area contributed by atoms with E-state index in [9.17, 15) is 4.79 Å². The van der Waals surface area contributed by atoms with Crippen molar-refractivity contribution in [2.75, 3.05) is 19.8 Å². The number of fused-ring (bicyclic) bond motifs is 2. The number of hydrogen-bond donors (Lipinski definition) is 2. The van der Waals surface area contributed by atoms with Crippen molar-refractivity contribution < 1.29 is 9.53 Å². The SMILES string of the molecule is O=C1NCCC12CC1COCC(C2)N1. The molecular formula is C10H16N2O2. The van der Waals surface area contributed by atoms with Gasteiger partial charge in [0.2, 0.25) is 5.91 Å². The van der Waals surface area contributed by atoms with Gasteiger partial charge in [-0.05, 0) is 19.3 Å². The Labute approximate surface area is 83.4 Å². The molecule has 4 nitrogen and oxygen atoms in total. The molecule has 3 aliphatic rings. The van der Waals surface area contributed by atoms with Gasteiger partial charge >= 0.3 is 0 Å². The molecule has 3 heterocycles. The molecule has 2 atom stereocenters. The van der Waals surface area contributed by atoms with Crippen LogP contribution in [0, 0.1) is 5.41 Å². The molecule has 4 heteroatoms. The van der Waals surface area contributed by atoms with E-state index < -0.39 is 0 Å². The van der Waals surface area contributed by atoms with Gasteiger partial charge in [-0.1, -0.05) is 0 Å². The molecule has 0 aromatic rings. The standard InChI is InChI=1S/C10H16N2O2/c13-9-10(1-2-11-9)3-7-5-14-6-8(4-10)12-7/h7-8,12H,1-6H2,(H,11,13).